The number of ether oxygens (including phenoxy) is 3. The van der Waals surface area contributed by atoms with Crippen LogP contribution in [0.4, 0.5) is 8.78 Å². The zero-order valence-electron chi connectivity index (χ0n) is 26.8. The Balaban J connectivity index is 1.19. The summed E-state index contributed by atoms with van der Waals surface area (Å²) >= 11 is 14.2. The number of amides is 1. The predicted molar refractivity (Wildman–Crippen MR) is 186 cm³/mol. The SMILES string of the molecule is O=C(O[C@@H](Cc1c(Cl)cncc1Cl)c1ccc(OC(F)F)c(OCC2CC2)c1)[C@@H]1SCCN1C(=O)c1ccc(CN2CCS(=O)(=O)CC2)cc1. The molecular weight excluding hydrogens is 735 g/mol. The number of rotatable bonds is 13. The van der Waals surface area contributed by atoms with E-state index in [1.807, 2.05) is 12.1 Å². The second kappa shape index (κ2) is 16.0. The van der Waals surface area contributed by atoms with Crippen molar-refractivity contribution in [1.82, 2.24) is 14.8 Å². The standard InChI is InChI=1S/C34H35Cl2F2N3O7S2/c35-26-17-39-18-27(36)25(26)16-29(24-7-8-28(48-34(37)38)30(15-24)46-20-22-1-2-22)47-33(43)32-41(9-12-49-32)31(42)23-5-3-21(4-6-23)19-40-10-13-50(44,45)14-11-40/h3-8,15,17-18,22,29,32,34H,1-2,9-14,16,19-20H2/t29-,32-/m0/s1. The lowest BCUT2D eigenvalue weighted by atomic mass is 10.0. The summed E-state index contributed by atoms with van der Waals surface area (Å²) < 4.78 is 66.6. The van der Waals surface area contributed by atoms with Crippen molar-refractivity contribution < 1.29 is 41.0 Å². The van der Waals surface area contributed by atoms with Crippen LogP contribution in [0.5, 0.6) is 11.5 Å². The number of halogens is 4. The second-order valence-corrected chi connectivity index (χ2v) is 16.7. The van der Waals surface area contributed by atoms with Gasteiger partial charge in [0.1, 0.15) is 6.10 Å². The smallest absolute Gasteiger partial charge is 0.387 e. The molecule has 1 aromatic heterocycles. The molecule has 3 aliphatic rings. The van der Waals surface area contributed by atoms with Crippen LogP contribution in [-0.4, -0.2) is 90.6 Å². The molecule has 3 aromatic rings. The molecule has 1 aliphatic carbocycles. The van der Waals surface area contributed by atoms with E-state index in [9.17, 15) is 26.8 Å². The molecule has 6 rings (SSSR count). The van der Waals surface area contributed by atoms with Gasteiger partial charge in [-0.1, -0.05) is 41.4 Å². The van der Waals surface area contributed by atoms with Gasteiger partial charge in [0.15, 0.2) is 26.7 Å². The normalized spacial score (nSPS) is 19.7. The van der Waals surface area contributed by atoms with Crippen LogP contribution in [0.25, 0.3) is 0 Å². The Kier molecular flexibility index (Phi) is 11.7. The van der Waals surface area contributed by atoms with E-state index in [0.29, 0.717) is 61.1 Å². The van der Waals surface area contributed by atoms with Gasteiger partial charge in [-0.05, 0) is 59.7 Å². The van der Waals surface area contributed by atoms with E-state index in [4.69, 9.17) is 37.4 Å². The number of hydrogen-bond donors (Lipinski definition) is 0. The number of nitrogens with zero attached hydrogens (tertiary/aromatic N) is 3. The average Bonchev–Trinajstić information content (AvgIpc) is 3.79. The van der Waals surface area contributed by atoms with E-state index in [1.54, 1.807) is 12.1 Å². The Morgan fingerprint density at radius 3 is 2.34 bits per heavy atom. The molecule has 0 unspecified atom stereocenters. The van der Waals surface area contributed by atoms with Crippen molar-refractivity contribution in [3.05, 3.63) is 87.2 Å². The number of pyridine rings is 1. The molecule has 0 bridgehead atoms. The molecule has 50 heavy (non-hydrogen) atoms. The molecule has 0 radical (unpaired) electrons. The number of hydrogen-bond acceptors (Lipinski definition) is 10. The second-order valence-electron chi connectivity index (χ2n) is 12.4. The van der Waals surface area contributed by atoms with Crippen LogP contribution in [0.15, 0.2) is 54.9 Å². The third-order valence-electron chi connectivity index (χ3n) is 8.72. The lowest BCUT2D eigenvalue weighted by Crippen LogP contribution is -2.41. The van der Waals surface area contributed by atoms with Gasteiger partial charge in [-0.15, -0.1) is 11.8 Å². The highest BCUT2D eigenvalue weighted by atomic mass is 35.5. The topological polar surface area (TPSA) is 115 Å². The van der Waals surface area contributed by atoms with Gasteiger partial charge in [-0.25, -0.2) is 13.2 Å². The third-order valence-corrected chi connectivity index (χ3v) is 12.2. The molecule has 10 nitrogen and oxygen atoms in total. The van der Waals surface area contributed by atoms with Gasteiger partial charge in [-0.2, -0.15) is 8.78 Å². The first kappa shape index (κ1) is 36.6. The van der Waals surface area contributed by atoms with Crippen molar-refractivity contribution >= 4 is 56.7 Å². The van der Waals surface area contributed by atoms with Crippen molar-refractivity contribution in [2.24, 2.45) is 5.92 Å². The van der Waals surface area contributed by atoms with E-state index in [-0.39, 0.29) is 45.4 Å². The number of sulfone groups is 1. The summed E-state index contributed by atoms with van der Waals surface area (Å²) in [6, 6.07) is 11.4. The number of carbonyl (C=O) groups is 2. The molecule has 2 aromatic carbocycles. The summed E-state index contributed by atoms with van der Waals surface area (Å²) in [5.74, 6) is 0.0286. The number of thioether (sulfide) groups is 1. The van der Waals surface area contributed by atoms with Crippen molar-refractivity contribution in [3.63, 3.8) is 0 Å². The molecule has 16 heteroatoms. The number of benzene rings is 2. The first-order chi connectivity index (χ1) is 24.0. The minimum Gasteiger partial charge on any atom is -0.489 e. The highest BCUT2D eigenvalue weighted by molar-refractivity contribution is 8.00. The molecule has 1 saturated carbocycles. The summed E-state index contributed by atoms with van der Waals surface area (Å²) in [6.07, 6.45) is 3.83. The Morgan fingerprint density at radius 1 is 0.980 bits per heavy atom. The fourth-order valence-corrected chi connectivity index (χ4v) is 8.62. The van der Waals surface area contributed by atoms with Crippen LogP contribution in [0, 0.1) is 5.92 Å². The van der Waals surface area contributed by atoms with Crippen LogP contribution in [-0.2, 0) is 32.3 Å². The predicted octanol–water partition coefficient (Wildman–Crippen LogP) is 6.05. The Hall–Kier alpha value is -3.17. The molecule has 0 spiro atoms. The quantitative estimate of drug-likeness (QED) is 0.190. The zero-order chi connectivity index (χ0) is 35.4. The van der Waals surface area contributed by atoms with Gasteiger partial charge in [0.05, 0.1) is 28.2 Å². The molecular formula is C34H35Cl2F2N3O7S2. The van der Waals surface area contributed by atoms with Gasteiger partial charge in [0, 0.05) is 56.3 Å². The molecule has 268 valence electrons. The van der Waals surface area contributed by atoms with Crippen LogP contribution >= 0.6 is 35.0 Å². The molecule has 2 atom stereocenters. The summed E-state index contributed by atoms with van der Waals surface area (Å²) in [7, 11) is -2.98. The zero-order valence-corrected chi connectivity index (χ0v) is 30.0. The van der Waals surface area contributed by atoms with Crippen molar-refractivity contribution in [2.75, 3.05) is 43.5 Å². The summed E-state index contributed by atoms with van der Waals surface area (Å²) in [5, 5.41) is -0.445. The fourth-order valence-electron chi connectivity index (χ4n) is 5.73. The van der Waals surface area contributed by atoms with Gasteiger partial charge in [0.2, 0.25) is 0 Å². The lowest BCUT2D eigenvalue weighted by molar-refractivity contribution is -0.151. The van der Waals surface area contributed by atoms with Crippen molar-refractivity contribution in [2.45, 2.75) is 43.9 Å². The minimum atomic E-state index is -3.07. The van der Waals surface area contributed by atoms with Crippen molar-refractivity contribution in [1.29, 1.82) is 0 Å². The van der Waals surface area contributed by atoms with E-state index < -0.39 is 33.9 Å². The van der Waals surface area contributed by atoms with Crippen molar-refractivity contribution in [3.8, 4) is 11.5 Å². The van der Waals surface area contributed by atoms with Gasteiger partial charge >= 0.3 is 12.6 Å². The highest BCUT2D eigenvalue weighted by Crippen LogP contribution is 2.39. The number of alkyl halides is 2. The lowest BCUT2D eigenvalue weighted by Gasteiger charge is -2.27. The maximum Gasteiger partial charge on any atom is 0.387 e. The van der Waals surface area contributed by atoms with Gasteiger partial charge in [-0.3, -0.25) is 14.7 Å². The number of carbonyl (C=O) groups excluding carboxylic acids is 2. The van der Waals surface area contributed by atoms with E-state index in [0.717, 1.165) is 18.4 Å². The molecule has 3 fully saturated rings. The maximum absolute atomic E-state index is 13.9. The average molecular weight is 771 g/mol. The molecule has 2 aliphatic heterocycles. The largest absolute Gasteiger partial charge is 0.489 e. The number of esters is 1. The Labute approximate surface area is 303 Å². The van der Waals surface area contributed by atoms with E-state index >= 15 is 0 Å². The molecule has 3 heterocycles. The Bertz CT molecular complexity index is 1780. The summed E-state index contributed by atoms with van der Waals surface area (Å²) in [4.78, 5) is 35.0. The van der Waals surface area contributed by atoms with Crippen LogP contribution in [0.1, 0.15) is 46.0 Å². The van der Waals surface area contributed by atoms with E-state index in [1.165, 1.54) is 47.3 Å². The maximum atomic E-state index is 13.9. The first-order valence-electron chi connectivity index (χ1n) is 16.1. The fraction of sp³-hybridized carbons (Fsp3) is 0.441. The number of aromatic nitrogens is 1. The molecule has 2 saturated heterocycles. The third kappa shape index (κ3) is 9.38. The first-order valence-corrected chi connectivity index (χ1v) is 19.7. The Morgan fingerprint density at radius 2 is 1.68 bits per heavy atom. The summed E-state index contributed by atoms with van der Waals surface area (Å²) in [6.45, 7) is -0.939. The van der Waals surface area contributed by atoms with Gasteiger partial charge in [0.25, 0.3) is 5.91 Å². The molecule has 0 N–H and O–H groups in total. The highest BCUT2D eigenvalue weighted by Gasteiger charge is 2.38. The van der Waals surface area contributed by atoms with Crippen LogP contribution in [0.3, 0.4) is 0 Å². The van der Waals surface area contributed by atoms with Crippen LogP contribution < -0.4 is 9.47 Å². The monoisotopic (exact) mass is 769 g/mol. The summed E-state index contributed by atoms with van der Waals surface area (Å²) in [5.41, 5.74) is 2.23. The van der Waals surface area contributed by atoms with Crippen LogP contribution in [0.2, 0.25) is 10.0 Å². The molecule has 1 amide bonds. The minimum absolute atomic E-state index is 0.0266. The van der Waals surface area contributed by atoms with E-state index in [2.05, 4.69) is 9.88 Å². The van der Waals surface area contributed by atoms with Gasteiger partial charge < -0.3 is 19.1 Å².